The predicted molar refractivity (Wildman–Crippen MR) is 69.3 cm³/mol. The highest BCUT2D eigenvalue weighted by Crippen LogP contribution is 2.31. The Labute approximate surface area is 104 Å². The fourth-order valence-electron chi connectivity index (χ4n) is 1.56. The van der Waals surface area contributed by atoms with E-state index in [1.807, 2.05) is 6.07 Å². The highest BCUT2D eigenvalue weighted by atomic mass is 35.5. The molecule has 0 fully saturated rings. The van der Waals surface area contributed by atoms with Gasteiger partial charge in [-0.1, -0.05) is 23.2 Å². The molecule has 2 rings (SSSR count). The normalized spacial score (nSPS) is 10.7. The van der Waals surface area contributed by atoms with Gasteiger partial charge >= 0.3 is 0 Å². The van der Waals surface area contributed by atoms with Crippen molar-refractivity contribution in [2.45, 2.75) is 0 Å². The van der Waals surface area contributed by atoms with Gasteiger partial charge in [0.05, 0.1) is 10.5 Å². The molecule has 3 nitrogen and oxygen atoms in total. The zero-order chi connectivity index (χ0) is 11.5. The molecule has 3 N–H and O–H groups in total. The van der Waals surface area contributed by atoms with Gasteiger partial charge in [0.15, 0.2) is 0 Å². The lowest BCUT2D eigenvalue weighted by atomic mass is 10.2. The third kappa shape index (κ3) is 2.21. The summed E-state index contributed by atoms with van der Waals surface area (Å²) in [5, 5.41) is 5.26. The second-order valence-electron chi connectivity index (χ2n) is 3.36. The van der Waals surface area contributed by atoms with Crippen molar-refractivity contribution in [2.24, 2.45) is 5.73 Å². The van der Waals surface area contributed by atoms with Gasteiger partial charge in [-0.05, 0) is 18.2 Å². The maximum atomic E-state index is 6.15. The Hall–Kier alpha value is -1.03. The minimum Gasteiger partial charge on any atom is -0.383 e. The summed E-state index contributed by atoms with van der Waals surface area (Å²) < 4.78 is 0. The fourth-order valence-corrected chi connectivity index (χ4v) is 2.14. The van der Waals surface area contributed by atoms with Gasteiger partial charge in [0.1, 0.15) is 0 Å². The molecule has 5 heteroatoms. The molecule has 2 aromatic rings. The Morgan fingerprint density at radius 2 is 2.12 bits per heavy atom. The van der Waals surface area contributed by atoms with Crippen molar-refractivity contribution in [3.8, 4) is 0 Å². The van der Waals surface area contributed by atoms with Gasteiger partial charge in [-0.25, -0.2) is 0 Å². The fraction of sp³-hybridized carbons (Fsp3) is 0.182. The molecule has 0 spiro atoms. The Balaban J connectivity index is 2.57. The molecule has 1 aromatic heterocycles. The average Bonchev–Trinajstić information content (AvgIpc) is 2.25. The minimum atomic E-state index is 0.565. The van der Waals surface area contributed by atoms with E-state index in [4.69, 9.17) is 28.9 Å². The van der Waals surface area contributed by atoms with E-state index in [-0.39, 0.29) is 0 Å². The lowest BCUT2D eigenvalue weighted by Crippen LogP contribution is -2.13. The van der Waals surface area contributed by atoms with Crippen LogP contribution in [0.25, 0.3) is 10.9 Å². The molecule has 16 heavy (non-hydrogen) atoms. The molecule has 0 unspecified atom stereocenters. The zero-order valence-electron chi connectivity index (χ0n) is 8.50. The van der Waals surface area contributed by atoms with Crippen molar-refractivity contribution in [1.82, 2.24) is 4.98 Å². The van der Waals surface area contributed by atoms with Crippen molar-refractivity contribution < 1.29 is 0 Å². The summed E-state index contributed by atoms with van der Waals surface area (Å²) in [6, 6.07) is 5.37. The number of aromatic nitrogens is 1. The van der Waals surface area contributed by atoms with Crippen LogP contribution in [-0.2, 0) is 0 Å². The van der Waals surface area contributed by atoms with Crippen LogP contribution in [0.3, 0.4) is 0 Å². The highest BCUT2D eigenvalue weighted by molar-refractivity contribution is 6.39. The van der Waals surface area contributed by atoms with Crippen LogP contribution < -0.4 is 11.1 Å². The molecule has 0 saturated carbocycles. The number of rotatable bonds is 3. The lowest BCUT2D eigenvalue weighted by Gasteiger charge is -2.09. The number of nitrogens with one attached hydrogen (secondary N) is 1. The van der Waals surface area contributed by atoms with Crippen molar-refractivity contribution in [3.63, 3.8) is 0 Å². The van der Waals surface area contributed by atoms with Crippen LogP contribution in [0.2, 0.25) is 10.0 Å². The summed E-state index contributed by atoms with van der Waals surface area (Å²) in [6.07, 6.45) is 1.72. The minimum absolute atomic E-state index is 0.565. The Kier molecular flexibility index (Phi) is 3.49. The third-order valence-electron chi connectivity index (χ3n) is 2.22. The van der Waals surface area contributed by atoms with Gasteiger partial charge in [-0.3, -0.25) is 4.98 Å². The first-order valence-electron chi connectivity index (χ1n) is 4.90. The number of pyridine rings is 1. The molecule has 84 valence electrons. The van der Waals surface area contributed by atoms with Gasteiger partial charge < -0.3 is 11.1 Å². The van der Waals surface area contributed by atoms with Gasteiger partial charge in [0.25, 0.3) is 0 Å². The van der Waals surface area contributed by atoms with Crippen molar-refractivity contribution >= 4 is 39.8 Å². The number of anilines is 1. The van der Waals surface area contributed by atoms with Gasteiger partial charge in [0, 0.05) is 35.4 Å². The Morgan fingerprint density at radius 3 is 2.88 bits per heavy atom. The Morgan fingerprint density at radius 1 is 1.31 bits per heavy atom. The van der Waals surface area contributed by atoms with E-state index in [1.54, 1.807) is 18.3 Å². The molecule has 0 aliphatic carbocycles. The number of hydrogen-bond acceptors (Lipinski definition) is 3. The van der Waals surface area contributed by atoms with E-state index in [0.717, 1.165) is 16.6 Å². The second-order valence-corrected chi connectivity index (χ2v) is 4.20. The lowest BCUT2D eigenvalue weighted by molar-refractivity contribution is 1.03. The van der Waals surface area contributed by atoms with Gasteiger partial charge in [-0.2, -0.15) is 0 Å². The van der Waals surface area contributed by atoms with Crippen molar-refractivity contribution in [2.75, 3.05) is 18.4 Å². The van der Waals surface area contributed by atoms with Crippen LogP contribution in [0.4, 0.5) is 5.69 Å². The molecule has 0 amide bonds. The van der Waals surface area contributed by atoms with E-state index in [2.05, 4.69) is 10.3 Å². The van der Waals surface area contributed by atoms with Crippen LogP contribution in [0.15, 0.2) is 24.4 Å². The Bertz CT molecular complexity index is 514. The number of nitrogens with zero attached hydrogens (tertiary/aromatic N) is 1. The maximum Gasteiger partial charge on any atom is 0.0752 e. The summed E-state index contributed by atoms with van der Waals surface area (Å²) in [7, 11) is 0. The number of nitrogens with two attached hydrogens (primary N) is 1. The number of hydrogen-bond donors (Lipinski definition) is 2. The third-order valence-corrected chi connectivity index (χ3v) is 2.73. The first-order chi connectivity index (χ1) is 7.72. The number of fused-ring (bicyclic) bond motifs is 1. The zero-order valence-corrected chi connectivity index (χ0v) is 10.0. The van der Waals surface area contributed by atoms with Crippen LogP contribution >= 0.6 is 23.2 Å². The molecule has 1 heterocycles. The largest absolute Gasteiger partial charge is 0.383 e. The summed E-state index contributed by atoms with van der Waals surface area (Å²) in [4.78, 5) is 4.23. The van der Waals surface area contributed by atoms with Crippen molar-refractivity contribution in [1.29, 1.82) is 0 Å². The molecule has 0 atom stereocenters. The molecule has 0 radical (unpaired) electrons. The quantitative estimate of drug-likeness (QED) is 0.887. The van der Waals surface area contributed by atoms with Crippen LogP contribution in [0, 0.1) is 0 Å². The van der Waals surface area contributed by atoms with Crippen LogP contribution in [0.1, 0.15) is 0 Å². The number of halogens is 2. The number of benzene rings is 1. The smallest absolute Gasteiger partial charge is 0.0752 e. The molecule has 0 bridgehead atoms. The molecular formula is C11H11Cl2N3. The maximum absolute atomic E-state index is 6.15. The molecular weight excluding hydrogens is 245 g/mol. The van der Waals surface area contributed by atoms with Gasteiger partial charge in [0.2, 0.25) is 0 Å². The van der Waals surface area contributed by atoms with Crippen LogP contribution in [-0.4, -0.2) is 18.1 Å². The average molecular weight is 256 g/mol. The summed E-state index contributed by atoms with van der Waals surface area (Å²) >= 11 is 12.1. The van der Waals surface area contributed by atoms with E-state index in [0.29, 0.717) is 23.1 Å². The van der Waals surface area contributed by atoms with E-state index in [9.17, 15) is 0 Å². The van der Waals surface area contributed by atoms with Crippen molar-refractivity contribution in [3.05, 3.63) is 34.4 Å². The van der Waals surface area contributed by atoms with E-state index >= 15 is 0 Å². The molecule has 0 aliphatic heterocycles. The predicted octanol–water partition coefficient (Wildman–Crippen LogP) is 2.91. The van der Waals surface area contributed by atoms with E-state index in [1.165, 1.54) is 0 Å². The summed E-state index contributed by atoms with van der Waals surface area (Å²) in [5.41, 5.74) is 7.16. The first-order valence-corrected chi connectivity index (χ1v) is 5.65. The first kappa shape index (κ1) is 11.5. The molecule has 1 aromatic carbocycles. The van der Waals surface area contributed by atoms with E-state index < -0.39 is 0 Å². The monoisotopic (exact) mass is 255 g/mol. The van der Waals surface area contributed by atoms with Crippen LogP contribution in [0.5, 0.6) is 0 Å². The second kappa shape index (κ2) is 4.87. The summed E-state index contributed by atoms with van der Waals surface area (Å²) in [6.45, 7) is 1.26. The summed E-state index contributed by atoms with van der Waals surface area (Å²) in [5.74, 6) is 0. The standard InChI is InChI=1S/C11H11Cl2N3/c12-7-5-8(13)11-9(16-4-2-14)1-3-15-10(11)6-7/h1,3,5-6H,2,4,14H2,(H,15,16). The highest BCUT2D eigenvalue weighted by Gasteiger charge is 2.07. The van der Waals surface area contributed by atoms with Gasteiger partial charge in [-0.15, -0.1) is 0 Å². The molecule has 0 saturated heterocycles. The topological polar surface area (TPSA) is 50.9 Å². The SMILES string of the molecule is NCCNc1ccnc2cc(Cl)cc(Cl)c12. The molecule has 0 aliphatic rings.